The molecule has 2 aliphatic heterocycles. The molecule has 0 saturated carbocycles. The summed E-state index contributed by atoms with van der Waals surface area (Å²) < 4.78 is 27.3. The molecule has 164 valence electrons. The van der Waals surface area contributed by atoms with Crippen LogP contribution in [0.1, 0.15) is 32.1 Å². The Bertz CT molecular complexity index is 1060. The topological polar surface area (TPSA) is 95.6 Å². The summed E-state index contributed by atoms with van der Waals surface area (Å²) in [7, 11) is -3.52. The Morgan fingerprint density at radius 1 is 1.03 bits per heavy atom. The van der Waals surface area contributed by atoms with Crippen LogP contribution in [0.2, 0.25) is 0 Å². The van der Waals surface area contributed by atoms with Gasteiger partial charge in [0.1, 0.15) is 0 Å². The molecule has 2 aromatic carbocycles. The van der Waals surface area contributed by atoms with E-state index in [1.54, 1.807) is 16.4 Å². The number of hydrogen-bond acceptors (Lipinski definition) is 5. The van der Waals surface area contributed by atoms with Crippen LogP contribution in [0.4, 0.5) is 11.4 Å². The Balaban J connectivity index is 1.38. The third-order valence-corrected chi connectivity index (χ3v) is 8.61. The molecule has 2 aliphatic rings. The quantitative estimate of drug-likeness (QED) is 0.711. The highest BCUT2D eigenvalue weighted by molar-refractivity contribution is 8.01. The SMILES string of the molecule is O=C(CC1Sc2ccccc2NC1=O)Nc1ccc(S(=O)(=O)N2CCCCCC2)cc1. The molecule has 1 atom stereocenters. The van der Waals surface area contributed by atoms with Crippen molar-refractivity contribution in [2.24, 2.45) is 0 Å². The molecule has 0 bridgehead atoms. The van der Waals surface area contributed by atoms with E-state index in [-0.39, 0.29) is 23.1 Å². The maximum absolute atomic E-state index is 12.9. The van der Waals surface area contributed by atoms with Gasteiger partial charge in [-0.3, -0.25) is 9.59 Å². The van der Waals surface area contributed by atoms with Crippen LogP contribution in [0.5, 0.6) is 0 Å². The standard InChI is InChI=1S/C22H25N3O4S2/c26-21(15-20-22(27)24-18-7-3-4-8-19(18)30-20)23-16-9-11-17(12-10-16)31(28,29)25-13-5-1-2-6-14-25/h3-4,7-12,20H,1-2,5-6,13-15H2,(H,23,26)(H,24,27). The maximum Gasteiger partial charge on any atom is 0.243 e. The Kier molecular flexibility index (Phi) is 6.64. The average Bonchev–Trinajstić information content (AvgIpc) is 3.05. The van der Waals surface area contributed by atoms with E-state index < -0.39 is 15.3 Å². The van der Waals surface area contributed by atoms with Crippen molar-refractivity contribution in [3.8, 4) is 0 Å². The van der Waals surface area contributed by atoms with E-state index in [4.69, 9.17) is 0 Å². The van der Waals surface area contributed by atoms with E-state index in [9.17, 15) is 18.0 Å². The lowest BCUT2D eigenvalue weighted by Crippen LogP contribution is -2.32. The van der Waals surface area contributed by atoms with E-state index in [1.165, 1.54) is 23.9 Å². The minimum absolute atomic E-state index is 0.0265. The summed E-state index contributed by atoms with van der Waals surface area (Å²) in [6.07, 6.45) is 3.90. The molecule has 2 aromatic rings. The van der Waals surface area contributed by atoms with E-state index in [0.717, 1.165) is 36.3 Å². The molecule has 31 heavy (non-hydrogen) atoms. The molecular weight excluding hydrogens is 434 g/mol. The van der Waals surface area contributed by atoms with Crippen molar-refractivity contribution in [2.45, 2.75) is 47.1 Å². The van der Waals surface area contributed by atoms with Gasteiger partial charge in [0, 0.05) is 30.1 Å². The predicted molar refractivity (Wildman–Crippen MR) is 122 cm³/mol. The fraction of sp³-hybridized carbons (Fsp3) is 0.364. The molecule has 2 N–H and O–H groups in total. The lowest BCUT2D eigenvalue weighted by molar-refractivity contribution is -0.120. The van der Waals surface area contributed by atoms with Crippen LogP contribution in [0.3, 0.4) is 0 Å². The summed E-state index contributed by atoms with van der Waals surface area (Å²) in [6.45, 7) is 1.09. The summed E-state index contributed by atoms with van der Waals surface area (Å²) in [5, 5.41) is 5.07. The monoisotopic (exact) mass is 459 g/mol. The number of fused-ring (bicyclic) bond motifs is 1. The summed E-state index contributed by atoms with van der Waals surface area (Å²) in [5.41, 5.74) is 1.26. The first-order chi connectivity index (χ1) is 14.9. The number of nitrogens with one attached hydrogen (secondary N) is 2. The molecule has 0 spiro atoms. The highest BCUT2D eigenvalue weighted by atomic mass is 32.2. The largest absolute Gasteiger partial charge is 0.326 e. The molecule has 0 radical (unpaired) electrons. The van der Waals surface area contributed by atoms with Crippen LogP contribution in [-0.4, -0.2) is 42.9 Å². The normalized spacial score (nSPS) is 19.7. The van der Waals surface area contributed by atoms with Crippen LogP contribution >= 0.6 is 11.8 Å². The fourth-order valence-corrected chi connectivity index (χ4v) is 6.38. The minimum Gasteiger partial charge on any atom is -0.326 e. The summed E-state index contributed by atoms with van der Waals surface area (Å²) in [5.74, 6) is -0.493. The average molecular weight is 460 g/mol. The number of benzene rings is 2. The smallest absolute Gasteiger partial charge is 0.243 e. The first kappa shape index (κ1) is 21.9. The second-order valence-electron chi connectivity index (χ2n) is 7.69. The number of carbonyl (C=O) groups excluding carboxylic acids is 2. The summed E-state index contributed by atoms with van der Waals surface area (Å²) >= 11 is 1.37. The Morgan fingerprint density at radius 2 is 1.71 bits per heavy atom. The zero-order valence-corrected chi connectivity index (χ0v) is 18.7. The zero-order valence-electron chi connectivity index (χ0n) is 17.0. The van der Waals surface area contributed by atoms with Gasteiger partial charge < -0.3 is 10.6 Å². The number of carbonyl (C=O) groups is 2. The maximum atomic E-state index is 12.9. The Morgan fingerprint density at radius 3 is 2.42 bits per heavy atom. The van der Waals surface area contributed by atoms with Crippen molar-refractivity contribution in [2.75, 3.05) is 23.7 Å². The van der Waals surface area contributed by atoms with Gasteiger partial charge in [-0.05, 0) is 49.2 Å². The number of hydrogen-bond donors (Lipinski definition) is 2. The Labute approximate surface area is 186 Å². The van der Waals surface area contributed by atoms with Gasteiger partial charge in [-0.2, -0.15) is 4.31 Å². The van der Waals surface area contributed by atoms with Crippen molar-refractivity contribution in [3.05, 3.63) is 48.5 Å². The van der Waals surface area contributed by atoms with Crippen LogP contribution in [0, 0.1) is 0 Å². The minimum atomic E-state index is -3.52. The second-order valence-corrected chi connectivity index (χ2v) is 10.9. The van der Waals surface area contributed by atoms with Crippen LogP contribution in [-0.2, 0) is 19.6 Å². The first-order valence-electron chi connectivity index (χ1n) is 10.4. The van der Waals surface area contributed by atoms with Crippen molar-refractivity contribution < 1.29 is 18.0 Å². The zero-order chi connectivity index (χ0) is 21.8. The number of sulfonamides is 1. The van der Waals surface area contributed by atoms with Gasteiger partial charge in [0.25, 0.3) is 0 Å². The van der Waals surface area contributed by atoms with Crippen molar-refractivity contribution in [3.63, 3.8) is 0 Å². The molecule has 0 aromatic heterocycles. The number of amides is 2. The lowest BCUT2D eigenvalue weighted by atomic mass is 10.2. The number of nitrogens with zero attached hydrogens (tertiary/aromatic N) is 1. The third kappa shape index (κ3) is 5.11. The number of para-hydroxylation sites is 1. The summed E-state index contributed by atoms with van der Waals surface area (Å²) in [4.78, 5) is 25.9. The highest BCUT2D eigenvalue weighted by Crippen LogP contribution is 2.36. The number of thioether (sulfide) groups is 1. The molecule has 2 heterocycles. The van der Waals surface area contributed by atoms with E-state index in [2.05, 4.69) is 10.6 Å². The van der Waals surface area contributed by atoms with Crippen LogP contribution in [0.15, 0.2) is 58.3 Å². The Hall–Kier alpha value is -2.36. The second kappa shape index (κ2) is 9.42. The molecular formula is C22H25N3O4S2. The van der Waals surface area contributed by atoms with Gasteiger partial charge in [0.2, 0.25) is 21.8 Å². The molecule has 1 unspecified atom stereocenters. The van der Waals surface area contributed by atoms with Gasteiger partial charge in [0.05, 0.1) is 15.8 Å². The molecule has 1 fully saturated rings. The molecule has 0 aliphatic carbocycles. The highest BCUT2D eigenvalue weighted by Gasteiger charge is 2.29. The van der Waals surface area contributed by atoms with E-state index in [1.807, 2.05) is 24.3 Å². The number of anilines is 2. The van der Waals surface area contributed by atoms with Crippen molar-refractivity contribution in [1.29, 1.82) is 0 Å². The van der Waals surface area contributed by atoms with Gasteiger partial charge in [-0.1, -0.05) is 25.0 Å². The van der Waals surface area contributed by atoms with Gasteiger partial charge in [-0.15, -0.1) is 11.8 Å². The van der Waals surface area contributed by atoms with Crippen molar-refractivity contribution >= 4 is 45.0 Å². The lowest BCUT2D eigenvalue weighted by Gasteiger charge is -2.23. The first-order valence-corrected chi connectivity index (χ1v) is 12.7. The molecule has 9 heteroatoms. The molecule has 2 amide bonds. The van der Waals surface area contributed by atoms with Gasteiger partial charge in [-0.25, -0.2) is 8.42 Å². The van der Waals surface area contributed by atoms with Crippen LogP contribution in [0.25, 0.3) is 0 Å². The van der Waals surface area contributed by atoms with Gasteiger partial charge >= 0.3 is 0 Å². The molecule has 4 rings (SSSR count). The number of rotatable bonds is 5. The predicted octanol–water partition coefficient (Wildman–Crippen LogP) is 3.69. The van der Waals surface area contributed by atoms with Gasteiger partial charge in [0.15, 0.2) is 0 Å². The third-order valence-electron chi connectivity index (χ3n) is 5.42. The molecule has 7 nitrogen and oxygen atoms in total. The summed E-state index contributed by atoms with van der Waals surface area (Å²) in [6, 6.07) is 13.7. The van der Waals surface area contributed by atoms with E-state index in [0.29, 0.717) is 18.8 Å². The van der Waals surface area contributed by atoms with E-state index >= 15 is 0 Å². The van der Waals surface area contributed by atoms with Crippen LogP contribution < -0.4 is 10.6 Å². The van der Waals surface area contributed by atoms with Crippen molar-refractivity contribution in [1.82, 2.24) is 4.31 Å². The molecule has 1 saturated heterocycles. The fourth-order valence-electron chi connectivity index (χ4n) is 3.75.